The topological polar surface area (TPSA) is 151 Å². The van der Waals surface area contributed by atoms with Gasteiger partial charge in [-0.1, -0.05) is 24.3 Å². The largest absolute Gasteiger partial charge is 0.383 e. The molecule has 34 heavy (non-hydrogen) atoms. The molecule has 0 unspecified atom stereocenters. The van der Waals surface area contributed by atoms with Crippen molar-refractivity contribution >= 4 is 45.8 Å². The highest BCUT2D eigenvalue weighted by atomic mass is 16.6. The van der Waals surface area contributed by atoms with Gasteiger partial charge in [0, 0.05) is 30.8 Å². The van der Waals surface area contributed by atoms with Gasteiger partial charge in [0.2, 0.25) is 0 Å². The highest BCUT2D eigenvalue weighted by molar-refractivity contribution is 6.10. The van der Waals surface area contributed by atoms with Crippen molar-refractivity contribution in [1.29, 1.82) is 0 Å². The van der Waals surface area contributed by atoms with E-state index in [2.05, 4.69) is 20.4 Å². The molecule has 2 aromatic heterocycles. The summed E-state index contributed by atoms with van der Waals surface area (Å²) in [6.45, 7) is 1.05. The predicted molar refractivity (Wildman–Crippen MR) is 127 cm³/mol. The third kappa shape index (κ3) is 4.04. The van der Waals surface area contributed by atoms with E-state index in [1.165, 1.54) is 23.0 Å². The first-order valence-electron chi connectivity index (χ1n) is 10.8. The molecule has 172 valence electrons. The number of nitrogens with zero attached hydrogens (tertiary/aromatic N) is 5. The van der Waals surface area contributed by atoms with Crippen LogP contribution in [0.3, 0.4) is 0 Å². The third-order valence-electron chi connectivity index (χ3n) is 5.62. The van der Waals surface area contributed by atoms with Crippen molar-refractivity contribution in [3.05, 3.63) is 69.8 Å². The molecular formula is C23H21N7O4. The van der Waals surface area contributed by atoms with Crippen LogP contribution in [0, 0.1) is 10.1 Å². The highest BCUT2D eigenvalue weighted by Crippen LogP contribution is 2.28. The minimum atomic E-state index is -0.481. The number of nitrogens with one attached hydrogen (secondary N) is 1. The molecule has 1 fully saturated rings. The first-order valence-corrected chi connectivity index (χ1v) is 10.8. The zero-order valence-corrected chi connectivity index (χ0v) is 18.0. The summed E-state index contributed by atoms with van der Waals surface area (Å²) < 4.78 is 6.91. The van der Waals surface area contributed by atoms with E-state index in [4.69, 9.17) is 10.5 Å². The Hall–Kier alpha value is -4.38. The molecule has 1 aliphatic heterocycles. The van der Waals surface area contributed by atoms with Gasteiger partial charge in [-0.3, -0.25) is 14.9 Å². The summed E-state index contributed by atoms with van der Waals surface area (Å²) in [5, 5.41) is 18.3. The average molecular weight is 459 g/mol. The number of benzene rings is 2. The van der Waals surface area contributed by atoms with Gasteiger partial charge in [0.25, 0.3) is 11.6 Å². The van der Waals surface area contributed by atoms with Crippen molar-refractivity contribution in [2.75, 3.05) is 18.9 Å². The molecule has 3 heterocycles. The molecular weight excluding hydrogens is 438 g/mol. The number of hydrogen-bond donors (Lipinski definition) is 2. The van der Waals surface area contributed by atoms with Crippen molar-refractivity contribution in [3.8, 4) is 0 Å². The Labute approximate surface area is 193 Å². The molecule has 1 atom stereocenters. The highest BCUT2D eigenvalue weighted by Gasteiger charge is 2.25. The van der Waals surface area contributed by atoms with E-state index < -0.39 is 10.8 Å². The number of anilines is 1. The van der Waals surface area contributed by atoms with Crippen molar-refractivity contribution in [3.63, 3.8) is 0 Å². The summed E-state index contributed by atoms with van der Waals surface area (Å²) in [6, 6.07) is 13.3. The lowest BCUT2D eigenvalue weighted by Gasteiger charge is -2.10. The Bertz CT molecular complexity index is 1440. The van der Waals surface area contributed by atoms with Crippen molar-refractivity contribution in [1.82, 2.24) is 20.0 Å². The van der Waals surface area contributed by atoms with Gasteiger partial charge in [-0.05, 0) is 25.0 Å². The molecule has 0 bridgehead atoms. The number of amides is 1. The van der Waals surface area contributed by atoms with Gasteiger partial charge in [-0.2, -0.15) is 9.78 Å². The molecule has 0 saturated carbocycles. The number of hydrogen-bond acceptors (Lipinski definition) is 8. The smallest absolute Gasteiger partial charge is 0.270 e. The number of para-hydroxylation sites is 2. The maximum absolute atomic E-state index is 13.1. The van der Waals surface area contributed by atoms with E-state index in [0.717, 1.165) is 12.8 Å². The first kappa shape index (κ1) is 21.5. The maximum Gasteiger partial charge on any atom is 0.270 e. The van der Waals surface area contributed by atoms with E-state index in [1.807, 2.05) is 12.1 Å². The Morgan fingerprint density at radius 2 is 2.06 bits per heavy atom. The zero-order valence-electron chi connectivity index (χ0n) is 18.0. The van der Waals surface area contributed by atoms with E-state index in [0.29, 0.717) is 40.9 Å². The quantitative estimate of drug-likeness (QED) is 0.256. The molecule has 3 N–H and O–H groups in total. The van der Waals surface area contributed by atoms with Gasteiger partial charge in [-0.25, -0.2) is 9.97 Å². The van der Waals surface area contributed by atoms with Gasteiger partial charge in [-0.15, -0.1) is 0 Å². The molecule has 11 heteroatoms. The second-order valence-corrected chi connectivity index (χ2v) is 7.90. The monoisotopic (exact) mass is 459 g/mol. The third-order valence-corrected chi connectivity index (χ3v) is 5.62. The number of nitro benzene ring substituents is 1. The van der Waals surface area contributed by atoms with Crippen LogP contribution < -0.4 is 11.1 Å². The van der Waals surface area contributed by atoms with Crippen LogP contribution >= 0.6 is 0 Å². The minimum Gasteiger partial charge on any atom is -0.383 e. The molecule has 2 aromatic carbocycles. The average Bonchev–Trinajstić information content (AvgIpc) is 3.45. The number of ether oxygens (including phenoxy) is 1. The SMILES string of the molecule is Nc1c(C(=O)NC[C@H]2CCCO2)c2nc3ccccc3nc2n1/N=C\c1cccc([N+](=O)[O-])c1. The van der Waals surface area contributed by atoms with Gasteiger partial charge >= 0.3 is 0 Å². The molecule has 1 aliphatic rings. The lowest BCUT2D eigenvalue weighted by atomic mass is 10.2. The predicted octanol–water partition coefficient (Wildman–Crippen LogP) is 2.87. The summed E-state index contributed by atoms with van der Waals surface area (Å²) in [7, 11) is 0. The molecule has 5 rings (SSSR count). The number of rotatable bonds is 6. The minimum absolute atomic E-state index is 0.0302. The maximum atomic E-state index is 13.1. The molecule has 0 spiro atoms. The number of nitrogens with two attached hydrogens (primary N) is 1. The van der Waals surface area contributed by atoms with Crippen LogP contribution in [-0.2, 0) is 4.74 Å². The van der Waals surface area contributed by atoms with Crippen LogP contribution in [0.5, 0.6) is 0 Å². The number of carbonyl (C=O) groups excluding carboxylic acids is 1. The van der Waals surface area contributed by atoms with Crippen molar-refractivity contribution in [2.45, 2.75) is 18.9 Å². The Balaban J connectivity index is 1.58. The van der Waals surface area contributed by atoms with Crippen molar-refractivity contribution in [2.24, 2.45) is 5.10 Å². The van der Waals surface area contributed by atoms with Crippen LogP contribution in [-0.4, -0.2) is 50.9 Å². The Kier molecular flexibility index (Phi) is 5.60. The van der Waals surface area contributed by atoms with E-state index in [9.17, 15) is 14.9 Å². The van der Waals surface area contributed by atoms with E-state index in [-0.39, 0.29) is 23.2 Å². The summed E-state index contributed by atoms with van der Waals surface area (Å²) in [5.41, 5.74) is 8.83. The van der Waals surface area contributed by atoms with Crippen LogP contribution in [0.15, 0.2) is 53.6 Å². The number of nitrogen functional groups attached to an aromatic ring is 1. The van der Waals surface area contributed by atoms with E-state index >= 15 is 0 Å². The van der Waals surface area contributed by atoms with Crippen molar-refractivity contribution < 1.29 is 14.5 Å². The molecule has 0 radical (unpaired) electrons. The molecule has 1 saturated heterocycles. The number of carbonyl (C=O) groups is 1. The van der Waals surface area contributed by atoms with Gasteiger partial charge < -0.3 is 15.8 Å². The van der Waals surface area contributed by atoms with E-state index in [1.54, 1.807) is 24.3 Å². The molecule has 1 amide bonds. The fraction of sp³-hybridized carbons (Fsp3) is 0.217. The summed E-state index contributed by atoms with van der Waals surface area (Å²) in [5.74, 6) is -0.330. The second-order valence-electron chi connectivity index (χ2n) is 7.90. The van der Waals surface area contributed by atoms with Gasteiger partial charge in [0.1, 0.15) is 16.9 Å². The molecule has 11 nitrogen and oxygen atoms in total. The Morgan fingerprint density at radius 1 is 1.26 bits per heavy atom. The first-order chi connectivity index (χ1) is 16.5. The summed E-state index contributed by atoms with van der Waals surface area (Å²) in [4.78, 5) is 33.0. The zero-order chi connectivity index (χ0) is 23.7. The number of aromatic nitrogens is 3. The lowest BCUT2D eigenvalue weighted by Crippen LogP contribution is -2.32. The summed E-state index contributed by atoms with van der Waals surface area (Å²) in [6.07, 6.45) is 3.24. The molecule has 4 aromatic rings. The number of non-ortho nitro benzene ring substituents is 1. The number of nitro groups is 1. The summed E-state index contributed by atoms with van der Waals surface area (Å²) >= 11 is 0. The fourth-order valence-corrected chi connectivity index (χ4v) is 3.93. The van der Waals surface area contributed by atoms with Crippen LogP contribution in [0.2, 0.25) is 0 Å². The van der Waals surface area contributed by atoms with Crippen LogP contribution in [0.25, 0.3) is 22.2 Å². The van der Waals surface area contributed by atoms with Crippen LogP contribution in [0.4, 0.5) is 11.5 Å². The number of fused-ring (bicyclic) bond motifs is 2. The second kappa shape index (κ2) is 8.87. The fourth-order valence-electron chi connectivity index (χ4n) is 3.93. The standard InChI is InChI=1S/C23H21N7O4/c24-21-19(23(31)25-13-16-7-4-10-34-16)20-22(28-18-9-2-1-8-17(18)27-20)29(21)26-12-14-5-3-6-15(11-14)30(32)33/h1-3,5-6,8-9,11-12,16H,4,7,10,13,24H2,(H,25,31)/b26-12-/t16-/m1/s1. The van der Waals surface area contributed by atoms with Gasteiger partial charge in [0.05, 0.1) is 28.3 Å². The Morgan fingerprint density at radius 3 is 2.79 bits per heavy atom. The van der Waals surface area contributed by atoms with Crippen LogP contribution in [0.1, 0.15) is 28.8 Å². The lowest BCUT2D eigenvalue weighted by molar-refractivity contribution is -0.384. The normalized spacial score (nSPS) is 15.9. The van der Waals surface area contributed by atoms with Gasteiger partial charge in [0.15, 0.2) is 5.65 Å². The molecule has 0 aliphatic carbocycles.